The van der Waals surface area contributed by atoms with Gasteiger partial charge < -0.3 is 11.5 Å². The van der Waals surface area contributed by atoms with E-state index in [2.05, 4.69) is 25.8 Å². The van der Waals surface area contributed by atoms with Crippen LogP contribution < -0.4 is 11.5 Å². The summed E-state index contributed by atoms with van der Waals surface area (Å²) in [6.07, 6.45) is 1.82. The second-order valence-corrected chi connectivity index (χ2v) is 5.54. The fourth-order valence-electron chi connectivity index (χ4n) is 1.50. The molecule has 0 bridgehead atoms. The fraction of sp³-hybridized carbons (Fsp3) is 0.700. The number of nitrogens with zero attached hydrogens (tertiary/aromatic N) is 1. The number of hydrogen-bond donors (Lipinski definition) is 2. The zero-order valence-electron chi connectivity index (χ0n) is 9.24. The van der Waals surface area contributed by atoms with Gasteiger partial charge >= 0.3 is 0 Å². The van der Waals surface area contributed by atoms with Crippen LogP contribution in [-0.2, 0) is 5.41 Å². The Bertz CT molecular complexity index is 285. The summed E-state index contributed by atoms with van der Waals surface area (Å²) in [7, 11) is 0. The highest BCUT2D eigenvalue weighted by Crippen LogP contribution is 2.36. The highest BCUT2D eigenvalue weighted by atomic mass is 32.1. The smallest absolute Gasteiger partial charge is 0.0985 e. The maximum Gasteiger partial charge on any atom is 0.0985 e. The molecule has 0 aliphatic carbocycles. The Morgan fingerprint density at radius 1 is 1.36 bits per heavy atom. The van der Waals surface area contributed by atoms with E-state index in [0.717, 1.165) is 5.01 Å². The number of nitrogens with two attached hydrogens (primary N) is 2. The van der Waals surface area contributed by atoms with E-state index < -0.39 is 5.66 Å². The Morgan fingerprint density at radius 2 is 1.93 bits per heavy atom. The van der Waals surface area contributed by atoms with Gasteiger partial charge in [0.1, 0.15) is 0 Å². The van der Waals surface area contributed by atoms with Crippen LogP contribution in [0.2, 0.25) is 0 Å². The van der Waals surface area contributed by atoms with Gasteiger partial charge in [-0.2, -0.15) is 0 Å². The maximum absolute atomic E-state index is 5.93. The third kappa shape index (κ3) is 2.13. The molecule has 0 saturated carbocycles. The molecular weight excluding hydrogens is 194 g/mol. The van der Waals surface area contributed by atoms with E-state index in [-0.39, 0.29) is 11.3 Å². The average Bonchev–Trinajstić information content (AvgIpc) is 2.53. The number of thiazole rings is 1. The van der Waals surface area contributed by atoms with Crippen molar-refractivity contribution >= 4 is 11.3 Å². The molecule has 80 valence electrons. The van der Waals surface area contributed by atoms with Gasteiger partial charge in [0.15, 0.2) is 0 Å². The minimum Gasteiger partial charge on any atom is -0.313 e. The van der Waals surface area contributed by atoms with E-state index in [4.69, 9.17) is 11.5 Å². The van der Waals surface area contributed by atoms with Crippen LogP contribution in [0.1, 0.15) is 32.7 Å². The molecule has 3 nitrogen and oxygen atoms in total. The molecule has 0 amide bonds. The minimum atomic E-state index is -0.671. The zero-order chi connectivity index (χ0) is 11.0. The molecule has 0 aliphatic heterocycles. The van der Waals surface area contributed by atoms with Crippen LogP contribution in [-0.4, -0.2) is 10.6 Å². The van der Waals surface area contributed by atoms with Crippen molar-refractivity contribution in [1.82, 2.24) is 4.98 Å². The molecule has 0 aliphatic rings. The Hall–Kier alpha value is -0.450. The average molecular weight is 213 g/mol. The van der Waals surface area contributed by atoms with Crippen LogP contribution in [0.3, 0.4) is 0 Å². The Morgan fingerprint density at radius 3 is 2.29 bits per heavy atom. The van der Waals surface area contributed by atoms with Gasteiger partial charge in [0.05, 0.1) is 10.7 Å². The molecule has 4 N–H and O–H groups in total. The lowest BCUT2D eigenvalue weighted by molar-refractivity contribution is 0.214. The summed E-state index contributed by atoms with van der Waals surface area (Å²) >= 11 is 1.65. The summed E-state index contributed by atoms with van der Waals surface area (Å²) in [5.74, 6) is 0.168. The highest BCUT2D eigenvalue weighted by Gasteiger charge is 2.38. The number of aromatic nitrogens is 1. The van der Waals surface area contributed by atoms with E-state index in [1.54, 1.807) is 11.3 Å². The predicted molar refractivity (Wildman–Crippen MR) is 61.1 cm³/mol. The molecule has 1 unspecified atom stereocenters. The van der Waals surface area contributed by atoms with Crippen LogP contribution in [0.25, 0.3) is 0 Å². The first-order valence-electron chi connectivity index (χ1n) is 4.74. The quantitative estimate of drug-likeness (QED) is 0.751. The lowest BCUT2D eigenvalue weighted by Gasteiger charge is -2.38. The summed E-state index contributed by atoms with van der Waals surface area (Å²) in [6, 6.07) is 0. The molecule has 0 saturated heterocycles. The van der Waals surface area contributed by atoms with Crippen LogP contribution in [0.4, 0.5) is 0 Å². The van der Waals surface area contributed by atoms with Gasteiger partial charge in [0.25, 0.3) is 0 Å². The largest absolute Gasteiger partial charge is 0.313 e. The summed E-state index contributed by atoms with van der Waals surface area (Å²) < 4.78 is 0. The Kier molecular flexibility index (Phi) is 2.99. The lowest BCUT2D eigenvalue weighted by atomic mass is 9.74. The van der Waals surface area contributed by atoms with Crippen molar-refractivity contribution in [3.8, 4) is 0 Å². The second-order valence-electron chi connectivity index (χ2n) is 4.65. The summed E-state index contributed by atoms with van der Waals surface area (Å²) in [5.41, 5.74) is 11.1. The molecule has 0 radical (unpaired) electrons. The van der Waals surface area contributed by atoms with Crippen LogP contribution in [0.5, 0.6) is 0 Å². The molecule has 4 heteroatoms. The van der Waals surface area contributed by atoms with Crippen LogP contribution >= 0.6 is 11.3 Å². The third-order valence-corrected chi connectivity index (χ3v) is 4.11. The Labute approximate surface area is 89.5 Å². The predicted octanol–water partition coefficient (Wildman–Crippen LogP) is 1.69. The second kappa shape index (κ2) is 3.61. The SMILES string of the molecule is CC(C(C)(N)N)C(C)(C)c1nccs1. The first-order valence-corrected chi connectivity index (χ1v) is 5.62. The molecule has 14 heavy (non-hydrogen) atoms. The van der Waals surface area contributed by atoms with Crippen molar-refractivity contribution in [1.29, 1.82) is 0 Å². The first-order chi connectivity index (χ1) is 6.26. The molecule has 0 aromatic carbocycles. The molecule has 1 aromatic heterocycles. The van der Waals surface area contributed by atoms with Gasteiger partial charge in [-0.25, -0.2) is 4.98 Å². The van der Waals surface area contributed by atoms with Crippen molar-refractivity contribution in [3.63, 3.8) is 0 Å². The van der Waals surface area contributed by atoms with Gasteiger partial charge in [-0.05, 0) is 12.8 Å². The summed E-state index contributed by atoms with van der Waals surface area (Å²) in [6.45, 7) is 8.19. The van der Waals surface area contributed by atoms with E-state index in [9.17, 15) is 0 Å². The lowest BCUT2D eigenvalue weighted by Crippen LogP contribution is -2.57. The summed E-state index contributed by atoms with van der Waals surface area (Å²) in [5, 5.41) is 3.07. The topological polar surface area (TPSA) is 64.9 Å². The third-order valence-electron chi connectivity index (χ3n) is 3.00. The maximum atomic E-state index is 5.93. The van der Waals surface area contributed by atoms with E-state index in [1.165, 1.54) is 0 Å². The van der Waals surface area contributed by atoms with Gasteiger partial charge in [-0.15, -0.1) is 11.3 Å². The number of rotatable bonds is 3. The molecule has 1 aromatic rings. The fourth-order valence-corrected chi connectivity index (χ4v) is 2.36. The molecule has 1 rings (SSSR count). The van der Waals surface area contributed by atoms with Gasteiger partial charge in [0.2, 0.25) is 0 Å². The standard InChI is InChI=1S/C10H19N3S/c1-7(10(4,11)12)9(2,3)8-13-5-6-14-8/h5-7H,11-12H2,1-4H3. The number of hydrogen-bond acceptors (Lipinski definition) is 4. The van der Waals surface area contributed by atoms with Crippen molar-refractivity contribution in [3.05, 3.63) is 16.6 Å². The van der Waals surface area contributed by atoms with Crippen molar-refractivity contribution in [2.75, 3.05) is 0 Å². The van der Waals surface area contributed by atoms with E-state index in [1.807, 2.05) is 18.5 Å². The molecular formula is C10H19N3S. The molecule has 1 heterocycles. The highest BCUT2D eigenvalue weighted by molar-refractivity contribution is 7.09. The van der Waals surface area contributed by atoms with Crippen LogP contribution in [0, 0.1) is 5.92 Å². The molecule has 1 atom stereocenters. The first kappa shape index (κ1) is 11.6. The van der Waals surface area contributed by atoms with Crippen molar-refractivity contribution in [2.45, 2.75) is 38.8 Å². The van der Waals surface area contributed by atoms with Gasteiger partial charge in [-0.1, -0.05) is 20.8 Å². The summed E-state index contributed by atoms with van der Waals surface area (Å²) in [4.78, 5) is 4.33. The molecule has 0 spiro atoms. The van der Waals surface area contributed by atoms with Crippen molar-refractivity contribution < 1.29 is 0 Å². The minimum absolute atomic E-state index is 0.0770. The monoisotopic (exact) mass is 213 g/mol. The zero-order valence-corrected chi connectivity index (χ0v) is 10.1. The Balaban J connectivity index is 2.96. The van der Waals surface area contributed by atoms with Gasteiger partial charge in [-0.3, -0.25) is 0 Å². The van der Waals surface area contributed by atoms with Crippen LogP contribution in [0.15, 0.2) is 11.6 Å². The molecule has 0 fully saturated rings. The van der Waals surface area contributed by atoms with E-state index in [0.29, 0.717) is 0 Å². The normalized spacial score (nSPS) is 15.6. The van der Waals surface area contributed by atoms with Crippen molar-refractivity contribution in [2.24, 2.45) is 17.4 Å². The van der Waals surface area contributed by atoms with E-state index >= 15 is 0 Å². The van der Waals surface area contributed by atoms with Gasteiger partial charge in [0, 0.05) is 17.0 Å².